The second-order valence-electron chi connectivity index (χ2n) is 5.97. The fourth-order valence-electron chi connectivity index (χ4n) is 2.65. The Labute approximate surface area is 144 Å². The maximum Gasteiger partial charge on any atom is 0.161 e. The Bertz CT molecular complexity index is 752. The Hall–Kier alpha value is -2.49. The van der Waals surface area contributed by atoms with Gasteiger partial charge in [-0.3, -0.25) is 0 Å². The predicted molar refractivity (Wildman–Crippen MR) is 99.2 cm³/mol. The minimum Gasteiger partial charge on any atom is -0.493 e. The molecule has 0 saturated heterocycles. The molecule has 2 aromatic rings. The second-order valence-corrected chi connectivity index (χ2v) is 5.97. The molecule has 0 amide bonds. The van der Waals surface area contributed by atoms with Gasteiger partial charge in [0.05, 0.1) is 26.5 Å². The molecule has 0 aliphatic heterocycles. The van der Waals surface area contributed by atoms with Crippen molar-refractivity contribution in [2.45, 2.75) is 34.2 Å². The highest BCUT2D eigenvalue weighted by molar-refractivity contribution is 6.00. The van der Waals surface area contributed by atoms with E-state index < -0.39 is 0 Å². The number of ether oxygens (including phenoxy) is 2. The summed E-state index contributed by atoms with van der Waals surface area (Å²) in [5, 5.41) is 4.51. The Kier molecular flexibility index (Phi) is 5.85. The molecule has 1 N–H and O–H groups in total. The van der Waals surface area contributed by atoms with E-state index in [4.69, 9.17) is 9.47 Å². The molecule has 0 aliphatic carbocycles. The van der Waals surface area contributed by atoms with Crippen molar-refractivity contribution in [3.05, 3.63) is 58.1 Å². The Balaban J connectivity index is 2.10. The molecule has 2 aromatic carbocycles. The molecule has 0 heterocycles. The summed E-state index contributed by atoms with van der Waals surface area (Å²) in [6.45, 7) is 9.03. The third kappa shape index (κ3) is 4.07. The molecule has 24 heavy (non-hydrogen) atoms. The highest BCUT2D eigenvalue weighted by atomic mass is 16.5. The largest absolute Gasteiger partial charge is 0.493 e. The molecule has 128 valence electrons. The first-order valence-electron chi connectivity index (χ1n) is 8.02. The maximum atomic E-state index is 5.33. The van der Waals surface area contributed by atoms with E-state index in [1.54, 1.807) is 14.2 Å². The van der Waals surface area contributed by atoms with Crippen LogP contribution in [-0.4, -0.2) is 19.9 Å². The van der Waals surface area contributed by atoms with Gasteiger partial charge in [-0.25, -0.2) is 0 Å². The number of methoxy groups -OCH3 is 2. The summed E-state index contributed by atoms with van der Waals surface area (Å²) < 4.78 is 10.6. The van der Waals surface area contributed by atoms with E-state index in [2.05, 4.69) is 43.4 Å². The van der Waals surface area contributed by atoms with E-state index in [0.29, 0.717) is 6.54 Å². The highest BCUT2D eigenvalue weighted by Gasteiger charge is 2.06. The molecular weight excluding hydrogens is 300 g/mol. The van der Waals surface area contributed by atoms with Gasteiger partial charge in [0.15, 0.2) is 11.5 Å². The number of aryl methyl sites for hydroxylation is 3. The van der Waals surface area contributed by atoms with E-state index >= 15 is 0 Å². The second kappa shape index (κ2) is 7.86. The quantitative estimate of drug-likeness (QED) is 0.641. The molecule has 4 nitrogen and oxygen atoms in total. The molecule has 0 bridgehead atoms. The Morgan fingerprint density at radius 3 is 2.25 bits per heavy atom. The third-order valence-electron chi connectivity index (χ3n) is 4.21. The van der Waals surface area contributed by atoms with Crippen LogP contribution in [0.3, 0.4) is 0 Å². The van der Waals surface area contributed by atoms with Crippen LogP contribution in [0.15, 0.2) is 35.4 Å². The molecule has 0 fully saturated rings. The highest BCUT2D eigenvalue weighted by Crippen LogP contribution is 2.27. The van der Waals surface area contributed by atoms with Crippen molar-refractivity contribution in [1.82, 2.24) is 5.43 Å². The number of hydrogen-bond donors (Lipinski definition) is 1. The zero-order chi connectivity index (χ0) is 17.7. The smallest absolute Gasteiger partial charge is 0.161 e. The van der Waals surface area contributed by atoms with Gasteiger partial charge in [-0.1, -0.05) is 12.1 Å². The minimum atomic E-state index is 0.627. The Morgan fingerprint density at radius 1 is 0.917 bits per heavy atom. The lowest BCUT2D eigenvalue weighted by molar-refractivity contribution is 0.354. The van der Waals surface area contributed by atoms with Crippen LogP contribution in [0, 0.1) is 20.8 Å². The van der Waals surface area contributed by atoms with Crippen molar-refractivity contribution in [3.8, 4) is 11.5 Å². The average molecular weight is 326 g/mol. The minimum absolute atomic E-state index is 0.627. The van der Waals surface area contributed by atoms with Gasteiger partial charge < -0.3 is 14.9 Å². The van der Waals surface area contributed by atoms with Gasteiger partial charge in [0.2, 0.25) is 0 Å². The molecule has 4 heteroatoms. The van der Waals surface area contributed by atoms with Gasteiger partial charge in [0.25, 0.3) is 0 Å². The topological polar surface area (TPSA) is 42.8 Å². The number of benzene rings is 2. The summed E-state index contributed by atoms with van der Waals surface area (Å²) in [5.74, 6) is 1.45. The van der Waals surface area contributed by atoms with Crippen LogP contribution in [-0.2, 0) is 6.54 Å². The van der Waals surface area contributed by atoms with Crippen LogP contribution in [0.1, 0.15) is 34.7 Å². The van der Waals surface area contributed by atoms with Gasteiger partial charge in [-0.05, 0) is 68.1 Å². The molecule has 0 aromatic heterocycles. The van der Waals surface area contributed by atoms with Crippen LogP contribution in [0.25, 0.3) is 0 Å². The maximum absolute atomic E-state index is 5.33. The first-order valence-corrected chi connectivity index (χ1v) is 8.02. The van der Waals surface area contributed by atoms with Gasteiger partial charge in [-0.2, -0.15) is 5.10 Å². The van der Waals surface area contributed by atoms with Crippen molar-refractivity contribution in [2.75, 3.05) is 14.2 Å². The standard InChI is InChI=1S/C20H26N2O2/c1-13-9-15(3)18(10-14(13)2)16(4)22-21-12-17-7-8-19(23-5)20(11-17)24-6/h7-11,21H,12H2,1-6H3/b22-16+. The summed E-state index contributed by atoms with van der Waals surface area (Å²) in [5.41, 5.74) is 10.2. The van der Waals surface area contributed by atoms with Crippen LogP contribution >= 0.6 is 0 Å². The average Bonchev–Trinajstić information content (AvgIpc) is 2.57. The zero-order valence-electron chi connectivity index (χ0n) is 15.4. The monoisotopic (exact) mass is 326 g/mol. The first-order chi connectivity index (χ1) is 11.5. The summed E-state index contributed by atoms with van der Waals surface area (Å²) in [4.78, 5) is 0. The number of nitrogens with one attached hydrogen (secondary N) is 1. The molecule has 2 rings (SSSR count). The fraction of sp³-hybridized carbons (Fsp3) is 0.350. The predicted octanol–water partition coefficient (Wildman–Crippen LogP) is 4.14. The van der Waals surface area contributed by atoms with E-state index in [0.717, 1.165) is 22.8 Å². The van der Waals surface area contributed by atoms with Gasteiger partial charge in [0.1, 0.15) is 0 Å². The lowest BCUT2D eigenvalue weighted by Gasteiger charge is -2.11. The van der Waals surface area contributed by atoms with Gasteiger partial charge >= 0.3 is 0 Å². The van der Waals surface area contributed by atoms with Gasteiger partial charge in [-0.15, -0.1) is 0 Å². The lowest BCUT2D eigenvalue weighted by atomic mass is 9.98. The van der Waals surface area contributed by atoms with Crippen LogP contribution in [0.2, 0.25) is 0 Å². The fourth-order valence-corrected chi connectivity index (χ4v) is 2.65. The van der Waals surface area contributed by atoms with Crippen LogP contribution in [0.4, 0.5) is 0 Å². The van der Waals surface area contributed by atoms with E-state index in [9.17, 15) is 0 Å². The van der Waals surface area contributed by atoms with Crippen molar-refractivity contribution < 1.29 is 9.47 Å². The van der Waals surface area contributed by atoms with Gasteiger partial charge in [0, 0.05) is 5.56 Å². The molecular formula is C20H26N2O2. The van der Waals surface area contributed by atoms with Crippen LogP contribution in [0.5, 0.6) is 11.5 Å². The summed E-state index contributed by atoms with van der Waals surface area (Å²) >= 11 is 0. The van der Waals surface area contributed by atoms with Crippen LogP contribution < -0.4 is 14.9 Å². The number of hydrogen-bond acceptors (Lipinski definition) is 4. The number of rotatable bonds is 6. The SMILES string of the molecule is COc1ccc(CN/N=C(\C)c2cc(C)c(C)cc2C)cc1OC. The molecule has 0 saturated carbocycles. The summed E-state index contributed by atoms with van der Waals surface area (Å²) in [6.07, 6.45) is 0. The number of hydrazone groups is 1. The van der Waals surface area contributed by atoms with Crippen molar-refractivity contribution in [2.24, 2.45) is 5.10 Å². The number of nitrogens with zero attached hydrogens (tertiary/aromatic N) is 1. The molecule has 0 radical (unpaired) electrons. The van der Waals surface area contributed by atoms with Crippen molar-refractivity contribution in [3.63, 3.8) is 0 Å². The Morgan fingerprint density at radius 2 is 1.58 bits per heavy atom. The zero-order valence-corrected chi connectivity index (χ0v) is 15.4. The van der Waals surface area contributed by atoms with E-state index in [-0.39, 0.29) is 0 Å². The van der Waals surface area contributed by atoms with Crippen molar-refractivity contribution in [1.29, 1.82) is 0 Å². The molecule has 0 atom stereocenters. The third-order valence-corrected chi connectivity index (χ3v) is 4.21. The van der Waals surface area contributed by atoms with Crippen molar-refractivity contribution >= 4 is 5.71 Å². The van der Waals surface area contributed by atoms with E-state index in [1.165, 1.54) is 22.3 Å². The van der Waals surface area contributed by atoms with E-state index in [1.807, 2.05) is 25.1 Å². The molecule has 0 spiro atoms. The first kappa shape index (κ1) is 17.9. The normalized spacial score (nSPS) is 11.3. The molecule has 0 aliphatic rings. The summed E-state index contributed by atoms with van der Waals surface area (Å²) in [6, 6.07) is 10.3. The molecule has 0 unspecified atom stereocenters. The lowest BCUT2D eigenvalue weighted by Crippen LogP contribution is -2.10. The summed E-state index contributed by atoms with van der Waals surface area (Å²) in [7, 11) is 3.27.